The van der Waals surface area contributed by atoms with Crippen LogP contribution in [0.15, 0.2) is 11.8 Å². The molecule has 1 N–H and O–H groups in total. The number of hydrogen-bond donors (Lipinski definition) is 1. The van der Waals surface area contributed by atoms with Crippen LogP contribution in [0.5, 0.6) is 0 Å². The number of aliphatic hydroxyl groups is 1. The first kappa shape index (κ1) is 23.1. The third-order valence-electron chi connectivity index (χ3n) is 0.838. The van der Waals surface area contributed by atoms with Gasteiger partial charge in [0, 0.05) is 28.5 Å². The van der Waals surface area contributed by atoms with E-state index in [0.717, 1.165) is 0 Å². The summed E-state index contributed by atoms with van der Waals surface area (Å²) in [5.74, 6) is -5.34. The van der Waals surface area contributed by atoms with Crippen molar-refractivity contribution in [3.05, 3.63) is 11.8 Å². The molecule has 2 nitrogen and oxygen atoms in total. The normalized spacial score (nSPS) is 12.4. The molecule has 1 radical (unpaired) electrons. The molecule has 0 rings (SSSR count). The summed E-state index contributed by atoms with van der Waals surface area (Å²) in [5, 5.41) is 7.93. The number of carbonyl (C=O) groups excluding carboxylic acids is 1. The molecule has 0 fully saturated rings. The van der Waals surface area contributed by atoms with Crippen LogP contribution in [-0.2, 0) is 27.2 Å². The number of rotatable bonds is 1. The first-order chi connectivity index (χ1) is 7.28. The number of ketones is 1. The Morgan fingerprint density at radius 1 is 1.00 bits per heavy atom. The van der Waals surface area contributed by atoms with Gasteiger partial charge in [-0.3, -0.25) is 4.79 Å². The molecule has 0 aliphatic heterocycles. The SMILES string of the molecule is CP(C)C.O=C(/C=C(\O)C(F)(F)F)C(F)(F)F.[Ag]. The van der Waals surface area contributed by atoms with E-state index in [4.69, 9.17) is 5.11 Å². The van der Waals surface area contributed by atoms with Crippen LogP contribution in [0.4, 0.5) is 26.3 Å². The summed E-state index contributed by atoms with van der Waals surface area (Å²) < 4.78 is 68.1. The number of hydrogen-bond acceptors (Lipinski definition) is 2. The summed E-state index contributed by atoms with van der Waals surface area (Å²) in [5.41, 5.74) is 0. The molecule has 0 spiro atoms. The molecule has 0 amide bonds. The Morgan fingerprint density at radius 3 is 1.44 bits per heavy atom. The summed E-state index contributed by atoms with van der Waals surface area (Å²) in [6.45, 7) is 6.69. The van der Waals surface area contributed by atoms with E-state index >= 15 is 0 Å². The Kier molecular flexibility index (Phi) is 11.5. The molecule has 0 aliphatic carbocycles. The van der Waals surface area contributed by atoms with E-state index in [1.165, 1.54) is 0 Å². The molecule has 0 aliphatic rings. The van der Waals surface area contributed by atoms with E-state index in [1.54, 1.807) is 0 Å². The summed E-state index contributed by atoms with van der Waals surface area (Å²) in [7, 11) is 0.380. The van der Waals surface area contributed by atoms with Crippen molar-refractivity contribution in [2.45, 2.75) is 12.4 Å². The molecule has 113 valence electrons. The van der Waals surface area contributed by atoms with Crippen LogP contribution in [0.2, 0.25) is 0 Å². The monoisotopic (exact) mass is 391 g/mol. The summed E-state index contributed by atoms with van der Waals surface area (Å²) in [6.07, 6.45) is -11.7. The zero-order valence-corrected chi connectivity index (χ0v) is 11.8. The van der Waals surface area contributed by atoms with Gasteiger partial charge < -0.3 is 5.11 Å². The molecule has 0 unspecified atom stereocenters. The first-order valence-electron chi connectivity index (χ1n) is 3.98. The molecule has 0 saturated carbocycles. The van der Waals surface area contributed by atoms with Gasteiger partial charge in [-0.15, -0.1) is 7.92 Å². The van der Waals surface area contributed by atoms with Crippen LogP contribution in [0, 0.1) is 0 Å². The van der Waals surface area contributed by atoms with E-state index < -0.39 is 30.0 Å². The molecule has 0 atom stereocenters. The predicted molar refractivity (Wildman–Crippen MR) is 52.5 cm³/mol. The Labute approximate surface area is 117 Å². The van der Waals surface area contributed by atoms with E-state index in [0.29, 0.717) is 7.92 Å². The minimum Gasteiger partial charge on any atom is -0.504 e. The second kappa shape index (κ2) is 8.96. The third-order valence-corrected chi connectivity index (χ3v) is 0.838. The second-order valence-corrected chi connectivity index (χ2v) is 5.91. The zero-order valence-electron chi connectivity index (χ0n) is 9.45. The number of allylic oxidation sites excluding steroid dienone is 2. The molecular weight excluding hydrogens is 381 g/mol. The summed E-state index contributed by atoms with van der Waals surface area (Å²) >= 11 is 0. The molecular formula is C8H11AgF6O2P. The number of aliphatic hydroxyl groups excluding tert-OH is 1. The maximum atomic E-state index is 11.4. The van der Waals surface area contributed by atoms with Crippen LogP contribution in [-0.4, -0.2) is 43.2 Å². The number of carbonyl (C=O) groups is 1. The molecule has 0 aromatic rings. The summed E-state index contributed by atoms with van der Waals surface area (Å²) in [4.78, 5) is 9.86. The van der Waals surface area contributed by atoms with E-state index in [2.05, 4.69) is 20.0 Å². The standard InChI is InChI=1S/C5H2F6O2.C3H9P.Ag/c6-4(7,8)2(12)1-3(13)5(9,10)11;1-4(2)3;/h1,12H;1-3H3;/b2-1-;;. The smallest absolute Gasteiger partial charge is 0.454 e. The average molecular weight is 392 g/mol. The van der Waals surface area contributed by atoms with Gasteiger partial charge in [0.15, 0.2) is 0 Å². The van der Waals surface area contributed by atoms with Crippen molar-refractivity contribution in [1.82, 2.24) is 0 Å². The van der Waals surface area contributed by atoms with Gasteiger partial charge in [0.25, 0.3) is 5.78 Å². The predicted octanol–water partition coefficient (Wildman–Crippen LogP) is 3.48. The van der Waals surface area contributed by atoms with Gasteiger partial charge in [-0.2, -0.15) is 26.3 Å². The topological polar surface area (TPSA) is 37.3 Å². The molecule has 18 heavy (non-hydrogen) atoms. The molecule has 0 aromatic heterocycles. The molecule has 0 heterocycles. The molecule has 0 aromatic carbocycles. The third kappa shape index (κ3) is 14.0. The van der Waals surface area contributed by atoms with E-state index in [9.17, 15) is 31.1 Å². The van der Waals surface area contributed by atoms with Crippen molar-refractivity contribution in [3.63, 3.8) is 0 Å². The van der Waals surface area contributed by atoms with Crippen LogP contribution < -0.4 is 0 Å². The Balaban J connectivity index is -0.000000392. The maximum absolute atomic E-state index is 11.4. The Bertz CT molecular complexity index is 282. The van der Waals surface area contributed by atoms with Gasteiger partial charge in [-0.1, -0.05) is 0 Å². The van der Waals surface area contributed by atoms with Gasteiger partial charge >= 0.3 is 12.4 Å². The molecule has 0 bridgehead atoms. The van der Waals surface area contributed by atoms with E-state index in [1.807, 2.05) is 0 Å². The van der Waals surface area contributed by atoms with Crippen LogP contribution in [0.3, 0.4) is 0 Å². The fraction of sp³-hybridized carbons (Fsp3) is 0.625. The second-order valence-electron chi connectivity index (χ2n) is 3.23. The molecule has 0 saturated heterocycles. The minimum atomic E-state index is -5.42. The average Bonchev–Trinajstić information content (AvgIpc) is 1.98. The van der Waals surface area contributed by atoms with Crippen LogP contribution >= 0.6 is 7.92 Å². The zero-order chi connectivity index (χ0) is 14.4. The van der Waals surface area contributed by atoms with Crippen molar-refractivity contribution in [2.24, 2.45) is 0 Å². The van der Waals surface area contributed by atoms with Crippen molar-refractivity contribution >= 4 is 13.7 Å². The fourth-order valence-corrected chi connectivity index (χ4v) is 0.288. The largest absolute Gasteiger partial charge is 0.504 e. The van der Waals surface area contributed by atoms with Crippen LogP contribution in [0.1, 0.15) is 0 Å². The van der Waals surface area contributed by atoms with Crippen LogP contribution in [0.25, 0.3) is 0 Å². The fourth-order valence-electron chi connectivity index (χ4n) is 0.288. The van der Waals surface area contributed by atoms with E-state index in [-0.39, 0.29) is 22.4 Å². The maximum Gasteiger partial charge on any atom is 0.454 e. The van der Waals surface area contributed by atoms with Gasteiger partial charge in [-0.05, 0) is 20.0 Å². The van der Waals surface area contributed by atoms with Gasteiger partial charge in [0.2, 0.25) is 5.76 Å². The van der Waals surface area contributed by atoms with Crippen molar-refractivity contribution in [1.29, 1.82) is 0 Å². The Morgan fingerprint density at radius 2 is 1.28 bits per heavy atom. The van der Waals surface area contributed by atoms with Crippen molar-refractivity contribution in [3.8, 4) is 0 Å². The minimum absolute atomic E-state index is 0. The quantitative estimate of drug-likeness (QED) is 0.244. The van der Waals surface area contributed by atoms with Gasteiger partial charge in [0.1, 0.15) is 0 Å². The number of halogens is 6. The van der Waals surface area contributed by atoms with Crippen molar-refractivity contribution < 1.29 is 58.6 Å². The molecule has 10 heteroatoms. The summed E-state index contributed by atoms with van der Waals surface area (Å²) in [6, 6.07) is 0. The first-order valence-corrected chi connectivity index (χ1v) is 6.66. The number of alkyl halides is 6. The van der Waals surface area contributed by atoms with Crippen molar-refractivity contribution in [2.75, 3.05) is 20.0 Å². The van der Waals surface area contributed by atoms with Gasteiger partial charge in [0.05, 0.1) is 0 Å². The van der Waals surface area contributed by atoms with Gasteiger partial charge in [-0.25, -0.2) is 0 Å². The Hall–Kier alpha value is -0.0397.